The van der Waals surface area contributed by atoms with E-state index in [-0.39, 0.29) is 10.8 Å². The first kappa shape index (κ1) is 28.7. The van der Waals surface area contributed by atoms with Crippen molar-refractivity contribution in [3.63, 3.8) is 0 Å². The Kier molecular flexibility index (Phi) is 6.30. The molecule has 0 bridgehead atoms. The fourth-order valence-electron chi connectivity index (χ4n) is 8.49. The number of fused-ring (bicyclic) bond motifs is 6. The number of hydrogen-bond acceptors (Lipinski definition) is 1. The van der Waals surface area contributed by atoms with Crippen molar-refractivity contribution >= 4 is 27.5 Å². The number of hydrogen-bond donors (Lipinski definition) is 0. The molecule has 0 aliphatic heterocycles. The van der Waals surface area contributed by atoms with Crippen molar-refractivity contribution in [1.82, 2.24) is 9.38 Å². The van der Waals surface area contributed by atoms with Crippen LogP contribution in [0.1, 0.15) is 45.2 Å². The van der Waals surface area contributed by atoms with Crippen LogP contribution >= 0.6 is 0 Å². The highest BCUT2D eigenvalue weighted by atomic mass is 15.0. The molecule has 1 aliphatic carbocycles. The molecule has 6 aromatic carbocycles. The monoisotopic (exact) mass is 618 g/mol. The lowest BCUT2D eigenvalue weighted by atomic mass is 9.82. The van der Waals surface area contributed by atoms with E-state index in [1.165, 1.54) is 71.9 Å². The van der Waals surface area contributed by atoms with Gasteiger partial charge in [0.25, 0.3) is 0 Å². The number of aromatic nitrogens is 2. The highest BCUT2D eigenvalue weighted by Gasteiger charge is 2.42. The van der Waals surface area contributed by atoms with E-state index in [9.17, 15) is 0 Å². The highest BCUT2D eigenvalue weighted by Crippen LogP contribution is 2.50. The quantitative estimate of drug-likeness (QED) is 0.192. The summed E-state index contributed by atoms with van der Waals surface area (Å²) in [5, 5.41) is 2.39. The van der Waals surface area contributed by atoms with Crippen molar-refractivity contribution in [1.29, 1.82) is 0 Å². The second kappa shape index (κ2) is 10.5. The summed E-state index contributed by atoms with van der Waals surface area (Å²) < 4.78 is 2.29. The third-order valence-electron chi connectivity index (χ3n) is 10.6. The molecule has 0 saturated heterocycles. The number of benzene rings is 6. The minimum atomic E-state index is 0.144. The Labute approximate surface area is 282 Å². The number of imidazole rings is 1. The number of nitrogens with zero attached hydrogens (tertiary/aromatic N) is 2. The van der Waals surface area contributed by atoms with Gasteiger partial charge >= 0.3 is 0 Å². The van der Waals surface area contributed by atoms with Gasteiger partial charge in [-0.25, -0.2) is 4.98 Å². The zero-order chi connectivity index (χ0) is 32.6. The highest BCUT2D eigenvalue weighted by molar-refractivity contribution is 6.05. The maximum absolute atomic E-state index is 5.27. The molecular weight excluding hydrogens is 581 g/mol. The van der Waals surface area contributed by atoms with Crippen molar-refractivity contribution in [3.05, 3.63) is 157 Å². The summed E-state index contributed by atoms with van der Waals surface area (Å²) in [6.07, 6.45) is 3.37. The van der Waals surface area contributed by atoms with E-state index in [1.807, 2.05) is 0 Å². The SMILES string of the molecule is CC1(C)CC(C)(C)c2cc3c(cc21)nc1c2cccc(-c4cccc(-c5cc(-c6ccccc6)cc(-c6ccccc6)c5)c4)c2ccn31. The summed E-state index contributed by atoms with van der Waals surface area (Å²) in [4.78, 5) is 5.27. The normalized spacial score (nSPS) is 14.9. The van der Waals surface area contributed by atoms with Gasteiger partial charge in [-0.15, -0.1) is 0 Å². The van der Waals surface area contributed by atoms with E-state index in [0.717, 1.165) is 17.6 Å². The van der Waals surface area contributed by atoms with E-state index >= 15 is 0 Å². The molecule has 8 aromatic rings. The summed E-state index contributed by atoms with van der Waals surface area (Å²) in [5.41, 5.74) is 16.2. The molecule has 2 nitrogen and oxygen atoms in total. The van der Waals surface area contributed by atoms with Gasteiger partial charge in [-0.1, -0.05) is 125 Å². The molecule has 0 N–H and O–H groups in total. The first-order valence-electron chi connectivity index (χ1n) is 17.0. The van der Waals surface area contributed by atoms with E-state index in [0.29, 0.717) is 0 Å². The molecule has 0 spiro atoms. The van der Waals surface area contributed by atoms with E-state index in [1.54, 1.807) is 0 Å². The number of pyridine rings is 1. The van der Waals surface area contributed by atoms with Gasteiger partial charge in [0.15, 0.2) is 0 Å². The Hall–Kier alpha value is -5.47. The molecule has 0 fully saturated rings. The van der Waals surface area contributed by atoms with Gasteiger partial charge in [-0.3, -0.25) is 4.40 Å². The van der Waals surface area contributed by atoms with Crippen LogP contribution in [-0.4, -0.2) is 9.38 Å². The summed E-state index contributed by atoms with van der Waals surface area (Å²) in [5.74, 6) is 0. The first-order valence-corrected chi connectivity index (χ1v) is 17.0. The van der Waals surface area contributed by atoms with E-state index in [2.05, 4.69) is 178 Å². The van der Waals surface area contributed by atoms with Gasteiger partial charge in [-0.2, -0.15) is 0 Å². The lowest BCUT2D eigenvalue weighted by Crippen LogP contribution is -2.17. The first-order chi connectivity index (χ1) is 23.2. The summed E-state index contributed by atoms with van der Waals surface area (Å²) in [6.45, 7) is 9.51. The number of rotatable bonds is 4. The van der Waals surface area contributed by atoms with E-state index < -0.39 is 0 Å². The molecule has 48 heavy (non-hydrogen) atoms. The molecule has 0 atom stereocenters. The van der Waals surface area contributed by atoms with Crippen LogP contribution in [0.3, 0.4) is 0 Å². The minimum absolute atomic E-state index is 0.144. The van der Waals surface area contributed by atoms with Crippen LogP contribution in [0, 0.1) is 0 Å². The second-order valence-corrected chi connectivity index (χ2v) is 14.8. The summed E-state index contributed by atoms with van der Waals surface area (Å²) in [7, 11) is 0. The summed E-state index contributed by atoms with van der Waals surface area (Å²) >= 11 is 0. The molecule has 232 valence electrons. The fourth-order valence-corrected chi connectivity index (χ4v) is 8.49. The molecule has 0 saturated carbocycles. The molecule has 2 aromatic heterocycles. The van der Waals surface area contributed by atoms with Crippen LogP contribution in [0.2, 0.25) is 0 Å². The second-order valence-electron chi connectivity index (χ2n) is 14.8. The van der Waals surface area contributed by atoms with Crippen molar-refractivity contribution in [3.8, 4) is 44.5 Å². The van der Waals surface area contributed by atoms with Gasteiger partial charge in [0, 0.05) is 11.6 Å². The zero-order valence-electron chi connectivity index (χ0n) is 28.0. The molecule has 1 aliphatic rings. The maximum atomic E-state index is 5.27. The molecule has 0 radical (unpaired) electrons. The third-order valence-corrected chi connectivity index (χ3v) is 10.6. The molecule has 0 unspecified atom stereocenters. The van der Waals surface area contributed by atoms with Crippen LogP contribution in [0.5, 0.6) is 0 Å². The largest absolute Gasteiger partial charge is 0.299 e. The van der Waals surface area contributed by atoms with Gasteiger partial charge < -0.3 is 0 Å². The van der Waals surface area contributed by atoms with Crippen molar-refractivity contribution < 1.29 is 0 Å². The van der Waals surface area contributed by atoms with Gasteiger partial charge in [-0.05, 0) is 121 Å². The van der Waals surface area contributed by atoms with Crippen molar-refractivity contribution in [2.24, 2.45) is 0 Å². The molecule has 9 rings (SSSR count). The fraction of sp³-hybridized carbons (Fsp3) is 0.152. The van der Waals surface area contributed by atoms with Crippen molar-refractivity contribution in [2.45, 2.75) is 44.9 Å². The van der Waals surface area contributed by atoms with Crippen LogP contribution in [0.4, 0.5) is 0 Å². The molecule has 0 amide bonds. The maximum Gasteiger partial charge on any atom is 0.145 e. The summed E-state index contributed by atoms with van der Waals surface area (Å²) in [6, 6.07) is 51.0. The standard InChI is InChI=1S/C46H38N2/c1-45(2)29-46(3,4)41-28-43-42(27-40(41)45)47-44-39-20-12-19-37(38(39)21-22-48(43)44)33-18-11-17-32(23-33)36-25-34(30-13-7-5-8-14-30)24-35(26-36)31-15-9-6-10-16-31/h5-28H,29H2,1-4H3. The van der Waals surface area contributed by atoms with Crippen LogP contribution in [-0.2, 0) is 10.8 Å². The molecule has 2 heteroatoms. The molecule has 2 heterocycles. The predicted molar refractivity (Wildman–Crippen MR) is 203 cm³/mol. The van der Waals surface area contributed by atoms with Gasteiger partial charge in [0.05, 0.1) is 11.0 Å². The average molecular weight is 619 g/mol. The Bertz CT molecular complexity index is 2460. The van der Waals surface area contributed by atoms with Gasteiger partial charge in [0.2, 0.25) is 0 Å². The van der Waals surface area contributed by atoms with Crippen LogP contribution in [0.15, 0.2) is 146 Å². The van der Waals surface area contributed by atoms with Crippen molar-refractivity contribution in [2.75, 3.05) is 0 Å². The Balaban J connectivity index is 1.19. The average Bonchev–Trinajstić information content (AvgIpc) is 3.57. The minimum Gasteiger partial charge on any atom is -0.299 e. The molecular formula is C46H38N2. The smallest absolute Gasteiger partial charge is 0.145 e. The predicted octanol–water partition coefficient (Wildman–Crippen LogP) is 12.3. The van der Waals surface area contributed by atoms with Crippen LogP contribution < -0.4 is 0 Å². The Morgan fingerprint density at radius 2 is 1.02 bits per heavy atom. The topological polar surface area (TPSA) is 17.3 Å². The van der Waals surface area contributed by atoms with E-state index in [4.69, 9.17) is 4.98 Å². The third kappa shape index (κ3) is 4.58. The Morgan fingerprint density at radius 3 is 1.69 bits per heavy atom. The lowest BCUT2D eigenvalue weighted by Gasteiger charge is -2.22. The zero-order valence-corrected chi connectivity index (χ0v) is 28.0. The van der Waals surface area contributed by atoms with Gasteiger partial charge in [0.1, 0.15) is 5.65 Å². The van der Waals surface area contributed by atoms with Crippen LogP contribution in [0.25, 0.3) is 72.0 Å². The lowest BCUT2D eigenvalue weighted by molar-refractivity contribution is 0.403. The Morgan fingerprint density at radius 1 is 0.479 bits per heavy atom.